The minimum absolute atomic E-state index is 0. The van der Waals surface area contributed by atoms with Gasteiger partial charge in [-0.05, 0) is 25.5 Å². The normalized spacial score (nSPS) is 19.3. The van der Waals surface area contributed by atoms with Crippen molar-refractivity contribution >= 4 is 47.4 Å². The molecule has 0 unspecified atom stereocenters. The third kappa shape index (κ3) is 6.40. The molecule has 1 saturated heterocycles. The fourth-order valence-electron chi connectivity index (χ4n) is 4.46. The van der Waals surface area contributed by atoms with E-state index in [0.29, 0.717) is 49.4 Å². The summed E-state index contributed by atoms with van der Waals surface area (Å²) in [4.78, 5) is 15.6. The zero-order valence-electron chi connectivity index (χ0n) is 19.9. The first-order chi connectivity index (χ1) is 16.6. The van der Waals surface area contributed by atoms with Gasteiger partial charge < -0.3 is 29.5 Å². The highest BCUT2D eigenvalue weighted by Crippen LogP contribution is 2.29. The predicted octanol–water partition coefficient (Wildman–Crippen LogP) is 3.07. The zero-order valence-corrected chi connectivity index (χ0v) is 22.2. The summed E-state index contributed by atoms with van der Waals surface area (Å²) in [7, 11) is 1.59. The molecule has 2 aliphatic heterocycles. The van der Waals surface area contributed by atoms with E-state index < -0.39 is 6.10 Å². The van der Waals surface area contributed by atoms with Gasteiger partial charge in [-0.15, -0.1) is 24.8 Å². The Bertz CT molecular complexity index is 1170. The van der Waals surface area contributed by atoms with Gasteiger partial charge in [0, 0.05) is 49.6 Å². The highest BCUT2D eigenvalue weighted by Gasteiger charge is 2.27. The highest BCUT2D eigenvalue weighted by molar-refractivity contribution is 6.32. The number of piperidine rings is 1. The highest BCUT2D eigenvalue weighted by atomic mass is 35.5. The SMILES string of the molecule is COc1ccc2ncc(Cl)c(CCN3CC[C@@H](NCc4cc5c(cn4)OCCO5)[C@@H](O)C3)c2n1.Cl.Cl. The maximum atomic E-state index is 10.8. The molecule has 0 aromatic carbocycles. The number of hydrogen-bond donors (Lipinski definition) is 2. The second kappa shape index (κ2) is 12.9. The number of pyridine rings is 3. The van der Waals surface area contributed by atoms with Crippen LogP contribution in [-0.4, -0.2) is 77.1 Å². The Kier molecular flexibility index (Phi) is 10.2. The Morgan fingerprint density at radius 2 is 1.97 bits per heavy atom. The third-order valence-electron chi connectivity index (χ3n) is 6.32. The number of halogens is 3. The molecular formula is C24H30Cl3N5O4. The van der Waals surface area contributed by atoms with Gasteiger partial charge in [0.1, 0.15) is 13.2 Å². The summed E-state index contributed by atoms with van der Waals surface area (Å²) >= 11 is 6.47. The molecule has 12 heteroatoms. The molecule has 0 spiro atoms. The van der Waals surface area contributed by atoms with Crippen molar-refractivity contribution in [3.63, 3.8) is 0 Å². The van der Waals surface area contributed by atoms with Crippen LogP contribution in [-0.2, 0) is 13.0 Å². The number of rotatable bonds is 7. The van der Waals surface area contributed by atoms with Gasteiger partial charge in [0.25, 0.3) is 0 Å². The molecule has 36 heavy (non-hydrogen) atoms. The van der Waals surface area contributed by atoms with E-state index >= 15 is 0 Å². The molecule has 0 aliphatic carbocycles. The molecular weight excluding hydrogens is 529 g/mol. The van der Waals surface area contributed by atoms with E-state index in [9.17, 15) is 5.11 Å². The number of methoxy groups -OCH3 is 1. The second-order valence-corrected chi connectivity index (χ2v) is 8.93. The number of aliphatic hydroxyl groups is 1. The number of likely N-dealkylation sites (tertiary alicyclic amines) is 1. The van der Waals surface area contributed by atoms with Crippen LogP contribution in [0.5, 0.6) is 17.4 Å². The molecule has 0 amide bonds. The standard InChI is InChI=1S/C24H28ClN5O4.2ClH/c1-32-23-3-2-19-24(29-23)16(17(25)12-28-19)4-6-30-7-5-18(20(31)14-30)27-11-15-10-21-22(13-26-15)34-9-8-33-21;;/h2-3,10,12-13,18,20,27,31H,4-9,11,14H2,1H3;2*1H/t18-,20+;;/m1../s1. The summed E-state index contributed by atoms with van der Waals surface area (Å²) < 4.78 is 16.4. The van der Waals surface area contributed by atoms with Crippen LogP contribution in [0.4, 0.5) is 0 Å². The topological polar surface area (TPSA) is 102 Å². The molecule has 3 aromatic rings. The summed E-state index contributed by atoms with van der Waals surface area (Å²) in [6.07, 6.45) is 4.44. The van der Waals surface area contributed by atoms with Crippen LogP contribution in [0.25, 0.3) is 11.0 Å². The van der Waals surface area contributed by atoms with E-state index in [2.05, 4.69) is 25.2 Å². The number of nitrogens with one attached hydrogen (secondary N) is 1. The van der Waals surface area contributed by atoms with Crippen molar-refractivity contribution in [2.75, 3.05) is 40.0 Å². The van der Waals surface area contributed by atoms with Crippen LogP contribution >= 0.6 is 36.4 Å². The molecule has 2 atom stereocenters. The quantitative estimate of drug-likeness (QED) is 0.453. The first-order valence-electron chi connectivity index (χ1n) is 11.5. The number of aromatic nitrogens is 3. The van der Waals surface area contributed by atoms with Crippen molar-refractivity contribution in [1.29, 1.82) is 0 Å². The number of aliphatic hydroxyl groups excluding tert-OH is 1. The van der Waals surface area contributed by atoms with Gasteiger partial charge in [0.2, 0.25) is 5.88 Å². The first-order valence-corrected chi connectivity index (χ1v) is 11.8. The molecule has 0 saturated carbocycles. The first kappa shape index (κ1) is 28.4. The average Bonchev–Trinajstić information content (AvgIpc) is 2.87. The Balaban J connectivity index is 0.00000180. The van der Waals surface area contributed by atoms with Crippen molar-refractivity contribution in [1.82, 2.24) is 25.2 Å². The van der Waals surface area contributed by atoms with Gasteiger partial charge in [-0.25, -0.2) is 4.98 Å². The molecule has 196 valence electrons. The van der Waals surface area contributed by atoms with Crippen LogP contribution in [0.2, 0.25) is 5.02 Å². The van der Waals surface area contributed by atoms with E-state index in [1.54, 1.807) is 25.6 Å². The average molecular weight is 559 g/mol. The molecule has 2 aliphatic rings. The fourth-order valence-corrected chi connectivity index (χ4v) is 4.69. The van der Waals surface area contributed by atoms with Crippen molar-refractivity contribution in [3.05, 3.63) is 46.9 Å². The van der Waals surface area contributed by atoms with E-state index in [1.165, 1.54) is 0 Å². The van der Waals surface area contributed by atoms with Gasteiger partial charge in [-0.2, -0.15) is 0 Å². The monoisotopic (exact) mass is 557 g/mol. The zero-order chi connectivity index (χ0) is 23.5. The summed E-state index contributed by atoms with van der Waals surface area (Å²) in [5, 5.41) is 14.8. The summed E-state index contributed by atoms with van der Waals surface area (Å²) in [5.74, 6) is 1.94. The molecule has 0 bridgehead atoms. The maximum Gasteiger partial charge on any atom is 0.213 e. The van der Waals surface area contributed by atoms with Crippen molar-refractivity contribution in [3.8, 4) is 17.4 Å². The summed E-state index contributed by atoms with van der Waals surface area (Å²) in [6, 6.07) is 5.58. The van der Waals surface area contributed by atoms with E-state index in [4.69, 9.17) is 25.8 Å². The molecule has 0 radical (unpaired) electrons. The number of fused-ring (bicyclic) bond motifs is 2. The number of ether oxygens (including phenoxy) is 3. The minimum atomic E-state index is -0.478. The van der Waals surface area contributed by atoms with Crippen LogP contribution < -0.4 is 19.5 Å². The van der Waals surface area contributed by atoms with Gasteiger partial charge in [-0.1, -0.05) is 11.6 Å². The summed E-state index contributed by atoms with van der Waals surface area (Å²) in [6.45, 7) is 3.89. The third-order valence-corrected chi connectivity index (χ3v) is 6.65. The van der Waals surface area contributed by atoms with Crippen LogP contribution in [0, 0.1) is 0 Å². The lowest BCUT2D eigenvalue weighted by atomic mass is 10.0. The van der Waals surface area contributed by atoms with Crippen LogP contribution in [0.15, 0.2) is 30.6 Å². The van der Waals surface area contributed by atoms with Gasteiger partial charge in [-0.3, -0.25) is 9.97 Å². The lowest BCUT2D eigenvalue weighted by molar-refractivity contribution is 0.0403. The Morgan fingerprint density at radius 3 is 2.75 bits per heavy atom. The van der Waals surface area contributed by atoms with Crippen LogP contribution in [0.3, 0.4) is 0 Å². The molecule has 3 aromatic heterocycles. The summed E-state index contributed by atoms with van der Waals surface area (Å²) in [5.41, 5.74) is 3.36. The second-order valence-electron chi connectivity index (χ2n) is 8.52. The van der Waals surface area contributed by atoms with Gasteiger partial charge in [0.15, 0.2) is 11.5 Å². The molecule has 5 heterocycles. The van der Waals surface area contributed by atoms with Crippen LogP contribution in [0.1, 0.15) is 17.7 Å². The van der Waals surface area contributed by atoms with Crippen molar-refractivity contribution < 1.29 is 19.3 Å². The van der Waals surface area contributed by atoms with Gasteiger partial charge in [0.05, 0.1) is 41.2 Å². The minimum Gasteiger partial charge on any atom is -0.486 e. The van der Waals surface area contributed by atoms with E-state index in [-0.39, 0.29) is 30.9 Å². The molecule has 5 rings (SSSR count). The Morgan fingerprint density at radius 1 is 1.17 bits per heavy atom. The fraction of sp³-hybridized carbons (Fsp3) is 0.458. The van der Waals surface area contributed by atoms with Gasteiger partial charge >= 0.3 is 0 Å². The molecule has 1 fully saturated rings. The largest absolute Gasteiger partial charge is 0.486 e. The number of β-amino-alcohol motifs (C(OH)–C–C–N with tert-alkyl or cyclic N) is 1. The lowest BCUT2D eigenvalue weighted by Crippen LogP contribution is -2.52. The molecule has 9 nitrogen and oxygen atoms in total. The van der Waals surface area contributed by atoms with Crippen molar-refractivity contribution in [2.45, 2.75) is 31.5 Å². The number of hydrogen-bond acceptors (Lipinski definition) is 9. The Labute approximate surface area is 227 Å². The smallest absolute Gasteiger partial charge is 0.213 e. The van der Waals surface area contributed by atoms with Crippen molar-refractivity contribution in [2.24, 2.45) is 0 Å². The lowest BCUT2D eigenvalue weighted by Gasteiger charge is -2.36. The van der Waals surface area contributed by atoms with E-state index in [0.717, 1.165) is 47.6 Å². The molecule has 2 N–H and O–H groups in total. The number of nitrogens with zero attached hydrogens (tertiary/aromatic N) is 4. The van der Waals surface area contributed by atoms with E-state index in [1.807, 2.05) is 12.1 Å². The Hall–Kier alpha value is -2.14. The predicted molar refractivity (Wildman–Crippen MR) is 142 cm³/mol. The maximum absolute atomic E-state index is 10.8.